The molecule has 1 aromatic rings. The molecule has 6 heteroatoms. The molecule has 0 fully saturated rings. The van der Waals surface area contributed by atoms with Crippen molar-refractivity contribution in [1.82, 2.24) is 4.90 Å². The van der Waals surface area contributed by atoms with E-state index in [1.807, 2.05) is 0 Å². The van der Waals surface area contributed by atoms with Crippen LogP contribution in [-0.4, -0.2) is 31.3 Å². The monoisotopic (exact) mass is 259 g/mol. The highest BCUT2D eigenvalue weighted by molar-refractivity contribution is 5.67. The van der Waals surface area contributed by atoms with Gasteiger partial charge in [0.2, 0.25) is 0 Å². The van der Waals surface area contributed by atoms with Crippen molar-refractivity contribution < 1.29 is 23.0 Å². The lowest BCUT2D eigenvalue weighted by Crippen LogP contribution is -2.26. The van der Waals surface area contributed by atoms with Crippen LogP contribution in [0.4, 0.5) is 13.6 Å². The third-order valence-corrected chi connectivity index (χ3v) is 2.15. The van der Waals surface area contributed by atoms with E-state index in [-0.39, 0.29) is 5.75 Å². The number of ether oxygens (including phenoxy) is 2. The fourth-order valence-corrected chi connectivity index (χ4v) is 1.35. The zero-order valence-corrected chi connectivity index (χ0v) is 10.2. The van der Waals surface area contributed by atoms with Crippen molar-refractivity contribution in [3.8, 4) is 5.75 Å². The third kappa shape index (κ3) is 4.57. The van der Waals surface area contributed by atoms with Crippen molar-refractivity contribution in [2.45, 2.75) is 20.1 Å². The lowest BCUT2D eigenvalue weighted by Gasteiger charge is -2.16. The van der Waals surface area contributed by atoms with Gasteiger partial charge in [0.25, 0.3) is 0 Å². The van der Waals surface area contributed by atoms with E-state index < -0.39 is 12.7 Å². The van der Waals surface area contributed by atoms with Crippen LogP contribution in [0.5, 0.6) is 5.75 Å². The molecule has 100 valence electrons. The van der Waals surface area contributed by atoms with E-state index in [0.717, 1.165) is 5.56 Å². The van der Waals surface area contributed by atoms with Crippen LogP contribution in [0.1, 0.15) is 12.5 Å². The molecule has 0 bridgehead atoms. The van der Waals surface area contributed by atoms with Crippen LogP contribution in [0, 0.1) is 0 Å². The van der Waals surface area contributed by atoms with Crippen LogP contribution in [0.3, 0.4) is 0 Å². The molecule has 0 atom stereocenters. The van der Waals surface area contributed by atoms with Gasteiger partial charge in [-0.25, -0.2) is 4.79 Å². The smallest absolute Gasteiger partial charge is 0.409 e. The van der Waals surface area contributed by atoms with E-state index in [1.54, 1.807) is 26.1 Å². The average Bonchev–Trinajstić information content (AvgIpc) is 2.31. The summed E-state index contributed by atoms with van der Waals surface area (Å²) in [7, 11) is 1.60. The zero-order chi connectivity index (χ0) is 13.5. The minimum atomic E-state index is -2.84. The Balaban J connectivity index is 2.55. The molecule has 0 aliphatic carbocycles. The molecule has 4 nitrogen and oxygen atoms in total. The van der Waals surface area contributed by atoms with Crippen LogP contribution in [-0.2, 0) is 11.3 Å². The summed E-state index contributed by atoms with van der Waals surface area (Å²) in [5.41, 5.74) is 0.798. The Bertz CT molecular complexity index is 381. The van der Waals surface area contributed by atoms with Crippen LogP contribution >= 0.6 is 0 Å². The van der Waals surface area contributed by atoms with E-state index in [9.17, 15) is 13.6 Å². The number of nitrogens with zero attached hydrogens (tertiary/aromatic N) is 1. The van der Waals surface area contributed by atoms with Gasteiger partial charge in [-0.2, -0.15) is 8.78 Å². The van der Waals surface area contributed by atoms with Crippen LogP contribution in [0.15, 0.2) is 24.3 Å². The number of alkyl halides is 2. The van der Waals surface area contributed by atoms with Gasteiger partial charge in [-0.15, -0.1) is 0 Å². The largest absolute Gasteiger partial charge is 0.450 e. The SMILES string of the molecule is CCOC(=O)N(C)Cc1ccc(OC(F)F)cc1. The lowest BCUT2D eigenvalue weighted by molar-refractivity contribution is -0.0498. The molecule has 18 heavy (non-hydrogen) atoms. The van der Waals surface area contributed by atoms with Gasteiger partial charge in [0.05, 0.1) is 6.61 Å². The van der Waals surface area contributed by atoms with Gasteiger partial charge in [0.15, 0.2) is 0 Å². The maximum Gasteiger partial charge on any atom is 0.409 e. The fourth-order valence-electron chi connectivity index (χ4n) is 1.35. The standard InChI is InChI=1S/C12H15F2NO3/c1-3-17-12(16)15(2)8-9-4-6-10(7-5-9)18-11(13)14/h4-7,11H,3,8H2,1-2H3. The van der Waals surface area contributed by atoms with Gasteiger partial charge < -0.3 is 14.4 Å². The van der Waals surface area contributed by atoms with Crippen molar-refractivity contribution in [3.05, 3.63) is 29.8 Å². The topological polar surface area (TPSA) is 38.8 Å². The molecule has 0 aromatic heterocycles. The number of hydrogen-bond donors (Lipinski definition) is 0. The first-order valence-electron chi connectivity index (χ1n) is 5.44. The molecule has 0 unspecified atom stereocenters. The Morgan fingerprint density at radius 1 is 1.33 bits per heavy atom. The summed E-state index contributed by atoms with van der Waals surface area (Å²) >= 11 is 0. The predicted molar refractivity (Wildman–Crippen MR) is 61.6 cm³/mol. The van der Waals surface area contributed by atoms with Crippen molar-refractivity contribution in [2.75, 3.05) is 13.7 Å². The number of benzene rings is 1. The molecule has 0 aliphatic heterocycles. The quantitative estimate of drug-likeness (QED) is 0.816. The summed E-state index contributed by atoms with van der Waals surface area (Å²) in [6.45, 7) is -0.460. The van der Waals surface area contributed by atoms with Crippen LogP contribution in [0.2, 0.25) is 0 Å². The van der Waals surface area contributed by atoms with E-state index in [2.05, 4.69) is 4.74 Å². The molecule has 0 heterocycles. The first-order valence-corrected chi connectivity index (χ1v) is 5.44. The van der Waals surface area contributed by atoms with E-state index >= 15 is 0 Å². The summed E-state index contributed by atoms with van der Waals surface area (Å²) in [5.74, 6) is 0.0903. The Morgan fingerprint density at radius 2 is 1.94 bits per heavy atom. The number of hydrogen-bond acceptors (Lipinski definition) is 3. The maximum absolute atomic E-state index is 11.9. The normalized spacial score (nSPS) is 10.3. The van der Waals surface area contributed by atoms with Crippen LogP contribution in [0.25, 0.3) is 0 Å². The predicted octanol–water partition coefficient (Wildman–Crippen LogP) is 2.88. The molecule has 1 aromatic carbocycles. The Morgan fingerprint density at radius 3 is 2.44 bits per heavy atom. The molecule has 1 rings (SSSR count). The second kappa shape index (κ2) is 6.78. The zero-order valence-electron chi connectivity index (χ0n) is 10.2. The second-order valence-electron chi connectivity index (χ2n) is 3.58. The molecular weight excluding hydrogens is 244 g/mol. The van der Waals surface area contributed by atoms with Crippen molar-refractivity contribution in [3.63, 3.8) is 0 Å². The Kier molecular flexibility index (Phi) is 5.35. The van der Waals surface area contributed by atoms with E-state index in [1.165, 1.54) is 17.0 Å². The molecule has 0 spiro atoms. The van der Waals surface area contributed by atoms with Gasteiger partial charge in [-0.1, -0.05) is 12.1 Å². The van der Waals surface area contributed by atoms with E-state index in [4.69, 9.17) is 4.74 Å². The molecule has 0 radical (unpaired) electrons. The van der Waals surface area contributed by atoms with Crippen molar-refractivity contribution >= 4 is 6.09 Å². The number of halogens is 2. The molecule has 0 saturated carbocycles. The highest BCUT2D eigenvalue weighted by Gasteiger charge is 2.10. The summed E-state index contributed by atoms with van der Waals surface area (Å²) in [6, 6.07) is 6.10. The fraction of sp³-hybridized carbons (Fsp3) is 0.417. The second-order valence-corrected chi connectivity index (χ2v) is 3.58. The van der Waals surface area contributed by atoms with Gasteiger partial charge in [-0.3, -0.25) is 0 Å². The Hall–Kier alpha value is -1.85. The van der Waals surface area contributed by atoms with Gasteiger partial charge in [0.1, 0.15) is 5.75 Å². The number of amides is 1. The molecule has 0 aliphatic rings. The molecular formula is C12H15F2NO3. The molecule has 0 N–H and O–H groups in total. The number of rotatable bonds is 5. The van der Waals surface area contributed by atoms with Crippen molar-refractivity contribution in [2.24, 2.45) is 0 Å². The Labute approximate surface area is 104 Å². The summed E-state index contributed by atoms with van der Waals surface area (Å²) in [4.78, 5) is 12.7. The minimum absolute atomic E-state index is 0.0903. The maximum atomic E-state index is 11.9. The van der Waals surface area contributed by atoms with E-state index in [0.29, 0.717) is 13.2 Å². The average molecular weight is 259 g/mol. The summed E-state index contributed by atoms with van der Waals surface area (Å²) < 4.78 is 32.9. The van der Waals surface area contributed by atoms with Crippen molar-refractivity contribution in [1.29, 1.82) is 0 Å². The minimum Gasteiger partial charge on any atom is -0.450 e. The lowest BCUT2D eigenvalue weighted by atomic mass is 10.2. The number of carbonyl (C=O) groups excluding carboxylic acids is 1. The van der Waals surface area contributed by atoms with Gasteiger partial charge in [0, 0.05) is 13.6 Å². The highest BCUT2D eigenvalue weighted by Crippen LogP contribution is 2.15. The summed E-state index contributed by atoms with van der Waals surface area (Å²) in [6.07, 6.45) is -0.426. The van der Waals surface area contributed by atoms with Crippen LogP contribution < -0.4 is 4.74 Å². The molecule has 1 amide bonds. The first kappa shape index (κ1) is 14.2. The summed E-state index contributed by atoms with van der Waals surface area (Å²) in [5, 5.41) is 0. The first-order chi connectivity index (χ1) is 8.52. The van der Waals surface area contributed by atoms with Gasteiger partial charge >= 0.3 is 12.7 Å². The third-order valence-electron chi connectivity index (χ3n) is 2.15. The highest BCUT2D eigenvalue weighted by atomic mass is 19.3. The molecule has 0 saturated heterocycles. The number of carbonyl (C=O) groups is 1. The van der Waals surface area contributed by atoms with Gasteiger partial charge in [-0.05, 0) is 24.6 Å².